The Labute approximate surface area is 163 Å². The second-order valence-corrected chi connectivity index (χ2v) is 7.60. The summed E-state index contributed by atoms with van der Waals surface area (Å²) in [4.78, 5) is 40.7. The molecule has 3 aliphatic rings. The smallest absolute Gasteiger partial charge is 0.312 e. The number of carbonyl (C=O) groups is 3. The van der Waals surface area contributed by atoms with Crippen LogP contribution in [-0.4, -0.2) is 54.6 Å². The molecule has 0 radical (unpaired) electrons. The maximum absolute atomic E-state index is 13.2. The van der Waals surface area contributed by atoms with Crippen LogP contribution in [0.5, 0.6) is 11.5 Å². The largest absolute Gasteiger partial charge is 0.497 e. The molecule has 4 unspecified atom stereocenters. The van der Waals surface area contributed by atoms with E-state index in [2.05, 4.69) is 5.32 Å². The Morgan fingerprint density at radius 2 is 2.14 bits per heavy atom. The topological polar surface area (TPSA) is 94.2 Å². The lowest BCUT2D eigenvalue weighted by Crippen LogP contribution is -2.69. The van der Waals surface area contributed by atoms with E-state index in [0.29, 0.717) is 11.5 Å². The number of carbonyl (C=O) groups excluding carboxylic acids is 3. The van der Waals surface area contributed by atoms with Gasteiger partial charge >= 0.3 is 5.97 Å². The number of fused-ring (bicyclic) bond motifs is 5. The van der Waals surface area contributed by atoms with Crippen molar-refractivity contribution in [3.8, 4) is 11.5 Å². The Morgan fingerprint density at radius 1 is 1.39 bits per heavy atom. The Bertz CT molecular complexity index is 855. The van der Waals surface area contributed by atoms with Gasteiger partial charge in [-0.15, -0.1) is 0 Å². The third-order valence-corrected chi connectivity index (χ3v) is 6.14. The molecule has 0 saturated carbocycles. The zero-order chi connectivity index (χ0) is 20.2. The van der Waals surface area contributed by atoms with E-state index in [-0.39, 0.29) is 25.0 Å². The highest BCUT2D eigenvalue weighted by atomic mass is 16.5. The van der Waals surface area contributed by atoms with Crippen molar-refractivity contribution >= 4 is 17.8 Å². The number of esters is 1. The molecule has 0 spiro atoms. The van der Waals surface area contributed by atoms with E-state index in [4.69, 9.17) is 14.2 Å². The van der Waals surface area contributed by atoms with Gasteiger partial charge in [0.05, 0.1) is 32.3 Å². The minimum atomic E-state index is -1.35. The number of hydrogen-bond donors (Lipinski definition) is 1. The van der Waals surface area contributed by atoms with Crippen molar-refractivity contribution in [2.24, 2.45) is 11.8 Å². The van der Waals surface area contributed by atoms with Gasteiger partial charge in [0.1, 0.15) is 23.1 Å². The van der Waals surface area contributed by atoms with E-state index in [1.54, 1.807) is 44.9 Å². The van der Waals surface area contributed by atoms with Gasteiger partial charge in [-0.3, -0.25) is 14.4 Å². The molecule has 1 N–H and O–H groups in total. The fraction of sp³-hybridized carbons (Fsp3) is 0.550. The first-order valence-electron chi connectivity index (χ1n) is 9.46. The van der Waals surface area contributed by atoms with Crippen molar-refractivity contribution in [2.75, 3.05) is 20.3 Å². The predicted octanol–water partition coefficient (Wildman–Crippen LogP) is 1.04. The number of piperazine rings is 1. The van der Waals surface area contributed by atoms with Gasteiger partial charge in [-0.1, -0.05) is 0 Å². The molecule has 0 bridgehead atoms. The summed E-state index contributed by atoms with van der Waals surface area (Å²) in [5.41, 5.74) is -0.608. The fourth-order valence-corrected chi connectivity index (χ4v) is 4.85. The van der Waals surface area contributed by atoms with E-state index in [0.717, 1.165) is 5.56 Å². The molecule has 8 heteroatoms. The average Bonchev–Trinajstić information content (AvgIpc) is 2.96. The maximum Gasteiger partial charge on any atom is 0.312 e. The second kappa shape index (κ2) is 6.39. The third-order valence-electron chi connectivity index (χ3n) is 6.14. The second-order valence-electron chi connectivity index (χ2n) is 7.60. The molecule has 8 nitrogen and oxygen atoms in total. The molecule has 1 aromatic carbocycles. The number of nitrogens with zero attached hydrogens (tertiary/aromatic N) is 1. The number of benzene rings is 1. The van der Waals surface area contributed by atoms with Crippen LogP contribution in [0.15, 0.2) is 18.2 Å². The van der Waals surface area contributed by atoms with Gasteiger partial charge in [-0.2, -0.15) is 0 Å². The molecule has 4 rings (SSSR count). The molecule has 5 atom stereocenters. The fourth-order valence-electron chi connectivity index (χ4n) is 4.85. The number of hydrogen-bond acceptors (Lipinski definition) is 6. The van der Waals surface area contributed by atoms with Crippen LogP contribution in [0.1, 0.15) is 32.4 Å². The van der Waals surface area contributed by atoms with Crippen molar-refractivity contribution in [3.63, 3.8) is 0 Å². The van der Waals surface area contributed by atoms with Crippen LogP contribution in [0.3, 0.4) is 0 Å². The summed E-state index contributed by atoms with van der Waals surface area (Å²) in [7, 11) is 1.56. The van der Waals surface area contributed by atoms with Crippen molar-refractivity contribution in [2.45, 2.75) is 38.4 Å². The zero-order valence-electron chi connectivity index (χ0n) is 16.4. The average molecular weight is 388 g/mol. The summed E-state index contributed by atoms with van der Waals surface area (Å²) >= 11 is 0. The molecule has 28 heavy (non-hydrogen) atoms. The Balaban J connectivity index is 1.91. The van der Waals surface area contributed by atoms with Gasteiger partial charge in [0, 0.05) is 11.5 Å². The van der Waals surface area contributed by atoms with E-state index < -0.39 is 35.4 Å². The highest BCUT2D eigenvalue weighted by molar-refractivity contribution is 6.03. The first-order valence-corrected chi connectivity index (χ1v) is 9.46. The van der Waals surface area contributed by atoms with Crippen molar-refractivity contribution in [3.05, 3.63) is 23.8 Å². The van der Waals surface area contributed by atoms with Crippen LogP contribution < -0.4 is 14.8 Å². The number of ether oxygens (including phenoxy) is 3. The lowest BCUT2D eigenvalue weighted by Gasteiger charge is -2.45. The number of amides is 2. The summed E-state index contributed by atoms with van der Waals surface area (Å²) in [6, 6.07) is 4.24. The molecule has 2 saturated heterocycles. The Hall–Kier alpha value is -2.77. The molecule has 0 aliphatic carbocycles. The van der Waals surface area contributed by atoms with Crippen LogP contribution in [0, 0.1) is 11.8 Å². The monoisotopic (exact) mass is 388 g/mol. The van der Waals surface area contributed by atoms with Crippen LogP contribution in [0.2, 0.25) is 0 Å². The van der Waals surface area contributed by atoms with Gasteiger partial charge in [0.15, 0.2) is 0 Å². The maximum atomic E-state index is 13.2. The molecule has 3 heterocycles. The van der Waals surface area contributed by atoms with Crippen LogP contribution >= 0.6 is 0 Å². The van der Waals surface area contributed by atoms with Crippen LogP contribution in [-0.2, 0) is 19.1 Å². The van der Waals surface area contributed by atoms with Gasteiger partial charge in [-0.05, 0) is 39.0 Å². The molecule has 150 valence electrons. The molecule has 2 amide bonds. The molecule has 1 aromatic rings. The van der Waals surface area contributed by atoms with Crippen LogP contribution in [0.4, 0.5) is 0 Å². The van der Waals surface area contributed by atoms with Crippen LogP contribution in [0.25, 0.3) is 0 Å². The molecular formula is C20H24N2O6. The zero-order valence-corrected chi connectivity index (χ0v) is 16.4. The highest BCUT2D eigenvalue weighted by Gasteiger charge is 2.68. The summed E-state index contributed by atoms with van der Waals surface area (Å²) in [6.07, 6.45) is 0. The minimum Gasteiger partial charge on any atom is -0.497 e. The van der Waals surface area contributed by atoms with Gasteiger partial charge < -0.3 is 24.4 Å². The number of nitrogens with one attached hydrogen (secondary N) is 1. The van der Waals surface area contributed by atoms with E-state index in [1.165, 1.54) is 0 Å². The summed E-state index contributed by atoms with van der Waals surface area (Å²) in [6.45, 7) is 5.43. The van der Waals surface area contributed by atoms with Gasteiger partial charge in [0.2, 0.25) is 11.8 Å². The number of methoxy groups -OCH3 is 1. The van der Waals surface area contributed by atoms with Crippen molar-refractivity contribution in [1.82, 2.24) is 10.2 Å². The first-order chi connectivity index (χ1) is 13.3. The van der Waals surface area contributed by atoms with Crippen molar-refractivity contribution in [1.29, 1.82) is 0 Å². The molecule has 2 fully saturated rings. The SMILES string of the molecule is CCOC(=O)C1C2COc3ccc(OC)cc3C2N2C(=O)C(C)NC(=O)[C@@]12C. The summed E-state index contributed by atoms with van der Waals surface area (Å²) in [5, 5.41) is 2.72. The third kappa shape index (κ3) is 2.33. The van der Waals surface area contributed by atoms with Gasteiger partial charge in [0.25, 0.3) is 0 Å². The van der Waals surface area contributed by atoms with E-state index in [1.807, 2.05) is 6.07 Å². The number of rotatable bonds is 3. The van der Waals surface area contributed by atoms with Gasteiger partial charge in [-0.25, -0.2) is 0 Å². The molecule has 0 aromatic heterocycles. The van der Waals surface area contributed by atoms with E-state index >= 15 is 0 Å². The minimum absolute atomic E-state index is 0.194. The Kier molecular flexibility index (Phi) is 4.24. The highest BCUT2D eigenvalue weighted by Crippen LogP contribution is 2.56. The summed E-state index contributed by atoms with van der Waals surface area (Å²) < 4.78 is 16.5. The lowest BCUT2D eigenvalue weighted by atomic mass is 9.77. The lowest BCUT2D eigenvalue weighted by molar-refractivity contribution is -0.164. The first kappa shape index (κ1) is 18.6. The van der Waals surface area contributed by atoms with Crippen molar-refractivity contribution < 1.29 is 28.6 Å². The molecule has 3 aliphatic heterocycles. The molecular weight excluding hydrogens is 364 g/mol. The Morgan fingerprint density at radius 3 is 2.82 bits per heavy atom. The van der Waals surface area contributed by atoms with E-state index in [9.17, 15) is 14.4 Å². The normalized spacial score (nSPS) is 33.2. The quantitative estimate of drug-likeness (QED) is 0.778. The summed E-state index contributed by atoms with van der Waals surface area (Å²) in [5.74, 6) is -1.05. The predicted molar refractivity (Wildman–Crippen MR) is 97.7 cm³/mol. The standard InChI is InChI=1S/C20H24N2O6/c1-5-27-18(24)15-13-9-28-14-7-6-11(26-4)8-12(14)16(13)22-17(23)10(2)21-19(25)20(15,22)3/h6-8,10,13,15-16H,5,9H2,1-4H3,(H,21,25)/t10?,13?,15?,16?,20-/m1/s1.